The first-order valence-corrected chi connectivity index (χ1v) is 14.5. The summed E-state index contributed by atoms with van der Waals surface area (Å²) in [6, 6.07) is 7.59. The van der Waals surface area contributed by atoms with Gasteiger partial charge in [0.25, 0.3) is 0 Å². The van der Waals surface area contributed by atoms with Crippen LogP contribution in [0.15, 0.2) is 30.5 Å². The van der Waals surface area contributed by atoms with Gasteiger partial charge in [-0.3, -0.25) is 0 Å². The second-order valence-electron chi connectivity index (χ2n) is 11.1. The lowest BCUT2D eigenvalue weighted by molar-refractivity contribution is 0.178. The van der Waals surface area contributed by atoms with E-state index in [1.807, 2.05) is 24.3 Å². The van der Waals surface area contributed by atoms with Crippen LogP contribution in [0.4, 0.5) is 20.5 Å². The smallest absolute Gasteiger partial charge is 0.225 e. The van der Waals surface area contributed by atoms with E-state index < -0.39 is 12.0 Å². The molecule has 1 unspecified atom stereocenters. The highest BCUT2D eigenvalue weighted by atomic mass is 35.5. The summed E-state index contributed by atoms with van der Waals surface area (Å²) in [5.74, 6) is 2.60. The maximum absolute atomic E-state index is 14.5. The number of anilines is 2. The Kier molecular flexibility index (Phi) is 10.8. The highest BCUT2D eigenvalue weighted by Gasteiger charge is 2.29. The molecule has 2 saturated carbocycles. The van der Waals surface area contributed by atoms with Crippen molar-refractivity contribution in [3.05, 3.63) is 46.9 Å². The lowest BCUT2D eigenvalue weighted by Gasteiger charge is -2.36. The predicted molar refractivity (Wildman–Crippen MR) is 148 cm³/mol. The van der Waals surface area contributed by atoms with Gasteiger partial charge in [0.2, 0.25) is 5.95 Å². The lowest BCUT2D eigenvalue weighted by Crippen LogP contribution is -2.35. The average molecular weight is 534 g/mol. The first kappa shape index (κ1) is 28.0. The molecule has 1 heterocycles. The molecule has 0 radical (unpaired) electrons. The molecular weight excluding hydrogens is 492 g/mol. The van der Waals surface area contributed by atoms with Crippen molar-refractivity contribution in [3.8, 4) is 0 Å². The van der Waals surface area contributed by atoms with E-state index in [9.17, 15) is 8.78 Å². The summed E-state index contributed by atoms with van der Waals surface area (Å²) in [5, 5.41) is 10.8. The van der Waals surface area contributed by atoms with E-state index in [4.69, 9.17) is 11.6 Å². The number of alkyl halides is 1. The minimum absolute atomic E-state index is 0.243. The summed E-state index contributed by atoms with van der Waals surface area (Å²) in [7, 11) is 0. The van der Waals surface area contributed by atoms with E-state index in [2.05, 4.69) is 32.8 Å². The Morgan fingerprint density at radius 3 is 2.38 bits per heavy atom. The fourth-order valence-corrected chi connectivity index (χ4v) is 6.33. The number of nitrogens with zero attached hydrogens (tertiary/aromatic N) is 2. The third-order valence-electron chi connectivity index (χ3n) is 8.04. The van der Waals surface area contributed by atoms with Gasteiger partial charge in [-0.1, -0.05) is 49.6 Å². The number of nitrogens with one attached hydrogen (secondary N) is 3. The van der Waals surface area contributed by atoms with E-state index in [0.29, 0.717) is 47.7 Å². The Morgan fingerprint density at radius 2 is 1.62 bits per heavy atom. The minimum atomic E-state index is -0.591. The number of halogens is 3. The number of hydrogen-bond donors (Lipinski definition) is 3. The molecular formula is C29H42ClF2N5. The third-order valence-corrected chi connectivity index (χ3v) is 8.41. The third kappa shape index (κ3) is 8.78. The fourth-order valence-electron chi connectivity index (χ4n) is 6.13. The Balaban J connectivity index is 1.28. The standard InChI is InChI=1S/C29H42ClF2N5/c1-2-5-21-12-22(16-33-15-20-8-10-25(31)11-9-20)14-23(13-21)17-34-28-27(32)19-36-29(37-28)35-18-24-6-3-4-7-26(24)30/h3-4,6-7,19-23,25,33H,2,5,8-18H2,1H3,(H2,34,35,36,37)/t20?,21?,22-,23-,25?/m1/s1. The molecule has 1 aromatic heterocycles. The van der Waals surface area contributed by atoms with Crippen LogP contribution in [0, 0.1) is 29.5 Å². The van der Waals surface area contributed by atoms with Crippen LogP contribution in [-0.2, 0) is 6.54 Å². The SMILES string of the molecule is CCCC1C[C@@H](CNCC2CCC(F)CC2)C[C@H](CNc2nc(NCc3ccccc3Cl)ncc2F)C1. The maximum Gasteiger partial charge on any atom is 0.225 e. The minimum Gasteiger partial charge on any atom is -0.367 e. The molecule has 2 aliphatic carbocycles. The van der Waals surface area contributed by atoms with Gasteiger partial charge in [-0.05, 0) is 93.3 Å². The number of benzene rings is 1. The number of hydrogen-bond acceptors (Lipinski definition) is 5. The summed E-state index contributed by atoms with van der Waals surface area (Å²) >= 11 is 6.23. The predicted octanol–water partition coefficient (Wildman–Crippen LogP) is 7.24. The van der Waals surface area contributed by atoms with Crippen LogP contribution in [0.3, 0.4) is 0 Å². The van der Waals surface area contributed by atoms with Gasteiger partial charge < -0.3 is 16.0 Å². The van der Waals surface area contributed by atoms with Gasteiger partial charge in [-0.2, -0.15) is 4.98 Å². The van der Waals surface area contributed by atoms with Gasteiger partial charge >= 0.3 is 0 Å². The number of aromatic nitrogens is 2. The molecule has 2 fully saturated rings. The monoisotopic (exact) mass is 533 g/mol. The molecule has 0 saturated heterocycles. The molecule has 3 atom stereocenters. The van der Waals surface area contributed by atoms with Crippen molar-refractivity contribution >= 4 is 23.4 Å². The van der Waals surface area contributed by atoms with Gasteiger partial charge in [0.1, 0.15) is 6.17 Å². The van der Waals surface area contributed by atoms with E-state index in [1.165, 1.54) is 31.9 Å². The zero-order valence-corrected chi connectivity index (χ0v) is 22.8. The van der Waals surface area contributed by atoms with Crippen molar-refractivity contribution < 1.29 is 8.78 Å². The van der Waals surface area contributed by atoms with Crippen LogP contribution in [0.5, 0.6) is 0 Å². The summed E-state index contributed by atoms with van der Waals surface area (Å²) in [6.07, 6.45) is 10.1. The largest absolute Gasteiger partial charge is 0.367 e. The molecule has 2 aliphatic rings. The molecule has 1 aromatic carbocycles. The topological polar surface area (TPSA) is 61.9 Å². The summed E-state index contributed by atoms with van der Waals surface area (Å²) in [6.45, 7) is 5.44. The highest BCUT2D eigenvalue weighted by molar-refractivity contribution is 6.31. The van der Waals surface area contributed by atoms with Crippen molar-refractivity contribution in [1.29, 1.82) is 0 Å². The quantitative estimate of drug-likeness (QED) is 0.268. The van der Waals surface area contributed by atoms with Crippen LogP contribution in [0.2, 0.25) is 5.02 Å². The van der Waals surface area contributed by atoms with Crippen LogP contribution >= 0.6 is 11.6 Å². The second kappa shape index (κ2) is 14.2. The molecule has 0 amide bonds. The van der Waals surface area contributed by atoms with Crippen LogP contribution in [-0.4, -0.2) is 35.8 Å². The summed E-state index contributed by atoms with van der Waals surface area (Å²) < 4.78 is 28.0. The van der Waals surface area contributed by atoms with Crippen molar-refractivity contribution in [2.45, 2.75) is 77.4 Å². The Bertz CT molecular complexity index is 969. The first-order valence-electron chi connectivity index (χ1n) is 14.1. The molecule has 37 heavy (non-hydrogen) atoms. The number of rotatable bonds is 12. The molecule has 2 aromatic rings. The zero-order chi connectivity index (χ0) is 26.0. The molecule has 204 valence electrons. The summed E-state index contributed by atoms with van der Waals surface area (Å²) in [4.78, 5) is 8.49. The molecule has 8 heteroatoms. The van der Waals surface area contributed by atoms with Crippen molar-refractivity contribution in [3.63, 3.8) is 0 Å². The fraction of sp³-hybridized carbons (Fsp3) is 0.655. The highest BCUT2D eigenvalue weighted by Crippen LogP contribution is 2.36. The molecule has 0 aliphatic heterocycles. The average Bonchev–Trinajstić information content (AvgIpc) is 2.89. The van der Waals surface area contributed by atoms with Crippen LogP contribution in [0.25, 0.3) is 0 Å². The summed E-state index contributed by atoms with van der Waals surface area (Å²) in [5.41, 5.74) is 0.936. The molecule has 5 nitrogen and oxygen atoms in total. The Hall–Kier alpha value is -1.99. The molecule has 0 spiro atoms. The normalized spacial score (nSPS) is 26.1. The Morgan fingerprint density at radius 1 is 0.919 bits per heavy atom. The van der Waals surface area contributed by atoms with Gasteiger partial charge in [-0.25, -0.2) is 13.8 Å². The van der Waals surface area contributed by atoms with Crippen LogP contribution in [0.1, 0.15) is 70.3 Å². The van der Waals surface area contributed by atoms with Crippen molar-refractivity contribution in [2.24, 2.45) is 23.7 Å². The van der Waals surface area contributed by atoms with E-state index in [1.54, 1.807) is 0 Å². The van der Waals surface area contributed by atoms with E-state index in [0.717, 1.165) is 50.8 Å². The van der Waals surface area contributed by atoms with Crippen molar-refractivity contribution in [2.75, 3.05) is 30.3 Å². The maximum atomic E-state index is 14.5. The second-order valence-corrected chi connectivity index (χ2v) is 11.5. The zero-order valence-electron chi connectivity index (χ0n) is 22.0. The van der Waals surface area contributed by atoms with Crippen molar-refractivity contribution in [1.82, 2.24) is 15.3 Å². The first-order chi connectivity index (χ1) is 18.0. The van der Waals surface area contributed by atoms with Gasteiger partial charge in [0.15, 0.2) is 11.6 Å². The molecule has 0 bridgehead atoms. The molecule has 3 N–H and O–H groups in total. The van der Waals surface area contributed by atoms with Crippen LogP contribution < -0.4 is 16.0 Å². The Labute approximate surface area is 225 Å². The van der Waals surface area contributed by atoms with Gasteiger partial charge in [0, 0.05) is 18.1 Å². The van der Waals surface area contributed by atoms with Gasteiger partial charge in [0.05, 0.1) is 6.20 Å². The molecule has 4 rings (SSSR count). The van der Waals surface area contributed by atoms with E-state index >= 15 is 0 Å². The van der Waals surface area contributed by atoms with Gasteiger partial charge in [-0.15, -0.1) is 0 Å². The van der Waals surface area contributed by atoms with E-state index in [-0.39, 0.29) is 5.82 Å². The lowest BCUT2D eigenvalue weighted by atomic mass is 9.73.